The van der Waals surface area contributed by atoms with Gasteiger partial charge in [-0.2, -0.15) is 18.3 Å². The fraction of sp³-hybridized carbons (Fsp3) is 0.414. The molecule has 2 aliphatic heterocycles. The molecule has 3 aromatic rings. The van der Waals surface area contributed by atoms with Crippen molar-refractivity contribution in [2.45, 2.75) is 38.0 Å². The minimum atomic E-state index is -5.08. The van der Waals surface area contributed by atoms with E-state index >= 15 is 0 Å². The van der Waals surface area contributed by atoms with Crippen LogP contribution in [0, 0.1) is 5.92 Å². The molecule has 0 unspecified atom stereocenters. The fourth-order valence-electron chi connectivity index (χ4n) is 4.79. The molecule has 1 amide bonds. The predicted octanol–water partition coefficient (Wildman–Crippen LogP) is 4.09. The number of anilines is 1. The van der Waals surface area contributed by atoms with Crippen LogP contribution < -0.4 is 20.1 Å². The molecule has 1 atom stereocenters. The summed E-state index contributed by atoms with van der Waals surface area (Å²) in [5, 5.41) is 20.5. The highest BCUT2D eigenvalue weighted by molar-refractivity contribution is 5.97. The summed E-state index contributed by atoms with van der Waals surface area (Å²) in [6, 6.07) is 11.6. The molecule has 1 saturated heterocycles. The number of carbonyl (C=O) groups is 2. The van der Waals surface area contributed by atoms with Crippen molar-refractivity contribution < 1.29 is 37.3 Å². The van der Waals surface area contributed by atoms with Crippen LogP contribution in [0.1, 0.15) is 24.0 Å². The maximum Gasteiger partial charge on any atom is 0.490 e. The van der Waals surface area contributed by atoms with Crippen LogP contribution in [0.4, 0.5) is 18.9 Å². The predicted molar refractivity (Wildman–Crippen MR) is 149 cm³/mol. The molecular weight excluding hydrogens is 555 g/mol. The molecule has 0 spiro atoms. The number of hydrogen-bond acceptors (Lipinski definition) is 7. The Morgan fingerprint density at radius 2 is 1.86 bits per heavy atom. The highest BCUT2D eigenvalue weighted by atomic mass is 19.4. The number of nitrogens with zero attached hydrogens (tertiary/aromatic N) is 2. The smallest absolute Gasteiger partial charge is 0.490 e. The average molecular weight is 590 g/mol. The standard InChI is InChI=1S/C27H33N5O3.C2HF3O2/c1-32-9-7-18(8-10-32)17-35-26-13-19(22-15-29-30-16-22)4-6-24(26)31-27(33)25-12-21-11-23(34-2)5-3-20(21)14-28-25;3-2(4,5)1(6)7/h3-6,11,13,15-16,18,25,28H,7-10,12,14,17H2,1-2H3,(H,29,30)(H,31,33);(H,6,7)/t25-;/m1./s1. The van der Waals surface area contributed by atoms with Crippen LogP contribution in [0.25, 0.3) is 11.1 Å². The van der Waals surface area contributed by atoms with Crippen molar-refractivity contribution >= 4 is 17.6 Å². The zero-order valence-corrected chi connectivity index (χ0v) is 23.3. The molecule has 226 valence electrons. The lowest BCUT2D eigenvalue weighted by Crippen LogP contribution is -2.44. The van der Waals surface area contributed by atoms with Crippen molar-refractivity contribution in [2.24, 2.45) is 5.92 Å². The Morgan fingerprint density at radius 3 is 2.50 bits per heavy atom. The number of carbonyl (C=O) groups excluding carboxylic acids is 1. The number of alkyl halides is 3. The van der Waals surface area contributed by atoms with Crippen LogP contribution in [0.2, 0.25) is 0 Å². The number of carboxylic acid groups (broad SMARTS) is 1. The number of likely N-dealkylation sites (tertiary alicyclic amines) is 1. The number of nitrogens with one attached hydrogen (secondary N) is 3. The number of aliphatic carboxylic acids is 1. The zero-order chi connectivity index (χ0) is 30.3. The lowest BCUT2D eigenvalue weighted by molar-refractivity contribution is -0.192. The molecule has 0 saturated carbocycles. The van der Waals surface area contributed by atoms with E-state index < -0.39 is 12.1 Å². The van der Waals surface area contributed by atoms with E-state index in [1.54, 1.807) is 13.3 Å². The number of aromatic nitrogens is 2. The van der Waals surface area contributed by atoms with E-state index in [0.717, 1.165) is 48.4 Å². The molecule has 2 aliphatic rings. The normalized spacial score (nSPS) is 17.4. The molecule has 3 heterocycles. The maximum absolute atomic E-state index is 13.3. The molecule has 13 heteroatoms. The first-order valence-electron chi connectivity index (χ1n) is 13.5. The highest BCUT2D eigenvalue weighted by Gasteiger charge is 2.38. The number of benzene rings is 2. The topological polar surface area (TPSA) is 129 Å². The lowest BCUT2D eigenvalue weighted by atomic mass is 9.95. The summed E-state index contributed by atoms with van der Waals surface area (Å²) in [5.41, 5.74) is 4.99. The molecule has 4 N–H and O–H groups in total. The lowest BCUT2D eigenvalue weighted by Gasteiger charge is -2.29. The van der Waals surface area contributed by atoms with Crippen molar-refractivity contribution in [3.8, 4) is 22.6 Å². The number of piperidine rings is 1. The van der Waals surface area contributed by atoms with Gasteiger partial charge in [0.2, 0.25) is 5.91 Å². The van der Waals surface area contributed by atoms with E-state index in [1.807, 2.05) is 36.5 Å². The first-order chi connectivity index (χ1) is 20.0. The van der Waals surface area contributed by atoms with Crippen LogP contribution in [-0.2, 0) is 22.6 Å². The van der Waals surface area contributed by atoms with Gasteiger partial charge in [0, 0.05) is 18.3 Å². The van der Waals surface area contributed by atoms with Crippen LogP contribution >= 0.6 is 0 Å². The molecule has 5 rings (SSSR count). The number of aromatic amines is 1. The third-order valence-corrected chi connectivity index (χ3v) is 7.32. The second-order valence-corrected chi connectivity index (χ2v) is 10.3. The summed E-state index contributed by atoms with van der Waals surface area (Å²) in [6.07, 6.45) is 1.40. The van der Waals surface area contributed by atoms with E-state index in [9.17, 15) is 18.0 Å². The van der Waals surface area contributed by atoms with Gasteiger partial charge in [-0.3, -0.25) is 9.89 Å². The molecule has 42 heavy (non-hydrogen) atoms. The number of carboxylic acids is 1. The zero-order valence-electron chi connectivity index (χ0n) is 23.3. The van der Waals surface area contributed by atoms with Gasteiger partial charge in [-0.15, -0.1) is 0 Å². The maximum atomic E-state index is 13.3. The number of ether oxygens (including phenoxy) is 2. The van der Waals surface area contributed by atoms with Gasteiger partial charge in [-0.1, -0.05) is 12.1 Å². The van der Waals surface area contributed by atoms with Gasteiger partial charge in [0.1, 0.15) is 11.5 Å². The summed E-state index contributed by atoms with van der Waals surface area (Å²) in [4.78, 5) is 24.5. The number of rotatable bonds is 7. The molecule has 2 aromatic carbocycles. The number of H-pyrrole nitrogens is 1. The quantitative estimate of drug-likeness (QED) is 0.325. The minimum absolute atomic E-state index is 0.0707. The molecule has 10 nitrogen and oxygen atoms in total. The van der Waals surface area contributed by atoms with Crippen molar-refractivity contribution in [3.05, 3.63) is 59.9 Å². The number of halogens is 3. The second kappa shape index (κ2) is 13.7. The highest BCUT2D eigenvalue weighted by Crippen LogP contribution is 2.32. The largest absolute Gasteiger partial charge is 0.497 e. The number of methoxy groups -OCH3 is 1. The minimum Gasteiger partial charge on any atom is -0.497 e. The molecule has 0 aliphatic carbocycles. The van der Waals surface area contributed by atoms with Gasteiger partial charge in [0.15, 0.2) is 0 Å². The van der Waals surface area contributed by atoms with Crippen LogP contribution in [0.3, 0.4) is 0 Å². The van der Waals surface area contributed by atoms with Crippen molar-refractivity contribution in [2.75, 3.05) is 39.2 Å². The number of hydrogen-bond donors (Lipinski definition) is 4. The van der Waals surface area contributed by atoms with E-state index in [4.69, 9.17) is 19.4 Å². The van der Waals surface area contributed by atoms with E-state index in [-0.39, 0.29) is 11.9 Å². The van der Waals surface area contributed by atoms with Crippen LogP contribution in [0.5, 0.6) is 11.5 Å². The van der Waals surface area contributed by atoms with E-state index in [2.05, 4.69) is 38.8 Å². The number of fused-ring (bicyclic) bond motifs is 1. The molecular formula is C29H34F3N5O5. The van der Waals surface area contributed by atoms with E-state index in [1.165, 1.54) is 5.56 Å². The Balaban J connectivity index is 0.000000517. The SMILES string of the molecule is COc1ccc2c(c1)C[C@H](C(=O)Nc1ccc(-c3cn[nH]c3)cc1OCC1CCN(C)CC1)NC2.O=C(O)C(F)(F)F. The summed E-state index contributed by atoms with van der Waals surface area (Å²) in [5.74, 6) is -0.817. The van der Waals surface area contributed by atoms with Crippen LogP contribution in [0.15, 0.2) is 48.8 Å². The van der Waals surface area contributed by atoms with E-state index in [0.29, 0.717) is 36.9 Å². The summed E-state index contributed by atoms with van der Waals surface area (Å²) in [7, 11) is 3.82. The summed E-state index contributed by atoms with van der Waals surface area (Å²) in [6.45, 7) is 3.47. The van der Waals surface area contributed by atoms with Crippen molar-refractivity contribution in [1.29, 1.82) is 0 Å². The molecule has 1 aromatic heterocycles. The Morgan fingerprint density at radius 1 is 1.12 bits per heavy atom. The Labute approximate surface area is 241 Å². The molecule has 0 bridgehead atoms. The van der Waals surface area contributed by atoms with Crippen molar-refractivity contribution in [3.63, 3.8) is 0 Å². The average Bonchev–Trinajstić information content (AvgIpc) is 3.52. The Kier molecular flexibility index (Phi) is 10.1. The molecule has 0 radical (unpaired) electrons. The third kappa shape index (κ3) is 8.23. The van der Waals surface area contributed by atoms with Gasteiger partial charge in [-0.25, -0.2) is 4.79 Å². The van der Waals surface area contributed by atoms with Gasteiger partial charge in [-0.05, 0) is 86.3 Å². The third-order valence-electron chi connectivity index (χ3n) is 7.32. The van der Waals surface area contributed by atoms with Gasteiger partial charge in [0.25, 0.3) is 0 Å². The first-order valence-corrected chi connectivity index (χ1v) is 13.5. The summed E-state index contributed by atoms with van der Waals surface area (Å²) < 4.78 is 43.4. The Bertz CT molecular complexity index is 1360. The molecule has 1 fully saturated rings. The fourth-order valence-corrected chi connectivity index (χ4v) is 4.79. The first kappa shape index (κ1) is 30.8. The Hall–Kier alpha value is -4.10. The number of amides is 1. The van der Waals surface area contributed by atoms with Crippen LogP contribution in [-0.4, -0.2) is 78.2 Å². The second-order valence-electron chi connectivity index (χ2n) is 10.3. The monoisotopic (exact) mass is 589 g/mol. The van der Waals surface area contributed by atoms with Crippen molar-refractivity contribution in [1.82, 2.24) is 20.4 Å². The van der Waals surface area contributed by atoms with Gasteiger partial charge < -0.3 is 30.1 Å². The van der Waals surface area contributed by atoms with Gasteiger partial charge in [0.05, 0.1) is 31.6 Å². The summed E-state index contributed by atoms with van der Waals surface area (Å²) >= 11 is 0. The van der Waals surface area contributed by atoms with Gasteiger partial charge >= 0.3 is 12.1 Å².